The predicted molar refractivity (Wildman–Crippen MR) is 100 cm³/mol. The minimum atomic E-state index is -1.04. The van der Waals surface area contributed by atoms with Crippen LogP contribution in [0.1, 0.15) is 26.7 Å². The smallest absolute Gasteiger partial charge is 0.243 e. The summed E-state index contributed by atoms with van der Waals surface area (Å²) in [6.45, 7) is 6.39. The first kappa shape index (κ1) is 21.2. The summed E-state index contributed by atoms with van der Waals surface area (Å²) in [6, 6.07) is 3.97. The number of piperidine rings is 1. The second kappa shape index (κ2) is 9.75. The first-order chi connectivity index (χ1) is 12.8. The van der Waals surface area contributed by atoms with Crippen molar-refractivity contribution in [3.05, 3.63) is 29.8 Å². The average Bonchev–Trinajstić information content (AvgIpc) is 2.63. The fraction of sp³-hybridized carbons (Fsp3) is 0.579. The first-order valence-corrected chi connectivity index (χ1v) is 9.22. The predicted octanol–water partition coefficient (Wildman–Crippen LogP) is 1.82. The zero-order chi connectivity index (χ0) is 20.0. The zero-order valence-corrected chi connectivity index (χ0v) is 16.1. The van der Waals surface area contributed by atoms with E-state index in [1.807, 2.05) is 11.9 Å². The summed E-state index contributed by atoms with van der Waals surface area (Å²) in [5.74, 6) is -2.77. The summed E-state index contributed by atoms with van der Waals surface area (Å²) < 4.78 is 26.0. The molecule has 1 fully saturated rings. The van der Waals surface area contributed by atoms with Gasteiger partial charge in [0.15, 0.2) is 11.6 Å². The molecule has 0 radical (unpaired) electrons. The van der Waals surface area contributed by atoms with E-state index >= 15 is 0 Å². The van der Waals surface area contributed by atoms with E-state index < -0.39 is 17.5 Å². The van der Waals surface area contributed by atoms with Crippen LogP contribution in [0.25, 0.3) is 0 Å². The molecule has 2 N–H and O–H groups in total. The summed E-state index contributed by atoms with van der Waals surface area (Å²) in [7, 11) is 1.91. The largest absolute Gasteiger partial charge is 0.346 e. The number of likely N-dealkylation sites (N-methyl/N-ethyl adjacent to an activating group) is 1. The van der Waals surface area contributed by atoms with Crippen molar-refractivity contribution in [2.24, 2.45) is 0 Å². The highest BCUT2D eigenvalue weighted by Gasteiger charge is 2.24. The third-order valence-corrected chi connectivity index (χ3v) is 4.90. The number of rotatable bonds is 7. The van der Waals surface area contributed by atoms with Gasteiger partial charge in [-0.2, -0.15) is 0 Å². The summed E-state index contributed by atoms with van der Waals surface area (Å²) >= 11 is 0. The summed E-state index contributed by atoms with van der Waals surface area (Å²) in [6.07, 6.45) is 2.02. The molecular formula is C19H28F2N4O2. The number of hydrogen-bond acceptors (Lipinski definition) is 4. The lowest BCUT2D eigenvalue weighted by atomic mass is 10.0. The standard InChI is InChI=1S/C19H28F2N4O2/c1-13(2)25-8-6-15(7-9-25)24(3)12-19(27)22-11-18(26)23-14-4-5-16(20)17(21)10-14/h4-5,10,13,15H,6-9,11-12H2,1-3H3,(H,22,27)(H,23,26). The molecule has 2 rings (SSSR count). The molecule has 1 heterocycles. The number of nitrogens with zero attached hydrogens (tertiary/aromatic N) is 2. The molecule has 150 valence electrons. The Bertz CT molecular complexity index is 661. The highest BCUT2D eigenvalue weighted by atomic mass is 19.2. The number of likely N-dealkylation sites (tertiary alicyclic amines) is 1. The van der Waals surface area contributed by atoms with E-state index in [-0.39, 0.29) is 24.7 Å². The third kappa shape index (κ3) is 6.55. The number of amides is 2. The van der Waals surface area contributed by atoms with Gasteiger partial charge >= 0.3 is 0 Å². The van der Waals surface area contributed by atoms with E-state index in [0.717, 1.165) is 38.1 Å². The van der Waals surface area contributed by atoms with Gasteiger partial charge in [0.25, 0.3) is 0 Å². The van der Waals surface area contributed by atoms with Crippen LogP contribution in [0.3, 0.4) is 0 Å². The number of carbonyl (C=O) groups excluding carboxylic acids is 2. The topological polar surface area (TPSA) is 64.7 Å². The maximum absolute atomic E-state index is 13.1. The Labute approximate surface area is 158 Å². The Kier molecular flexibility index (Phi) is 7.67. The molecule has 1 saturated heterocycles. The van der Waals surface area contributed by atoms with Gasteiger partial charge in [0.1, 0.15) is 0 Å². The van der Waals surface area contributed by atoms with Gasteiger partial charge in [0.05, 0.1) is 13.1 Å². The molecule has 1 aromatic carbocycles. The summed E-state index contributed by atoms with van der Waals surface area (Å²) in [4.78, 5) is 28.3. The van der Waals surface area contributed by atoms with E-state index in [1.165, 1.54) is 6.07 Å². The molecule has 1 aromatic rings. The molecule has 0 atom stereocenters. The lowest BCUT2D eigenvalue weighted by molar-refractivity contribution is -0.125. The molecular weight excluding hydrogens is 354 g/mol. The Hall–Kier alpha value is -2.06. The SMILES string of the molecule is CC(C)N1CCC(N(C)CC(=O)NCC(=O)Nc2ccc(F)c(F)c2)CC1. The average molecular weight is 382 g/mol. The Morgan fingerprint density at radius 2 is 1.85 bits per heavy atom. The lowest BCUT2D eigenvalue weighted by Gasteiger charge is -2.38. The molecule has 2 amide bonds. The van der Waals surface area contributed by atoms with Crippen molar-refractivity contribution in [1.82, 2.24) is 15.1 Å². The van der Waals surface area contributed by atoms with Gasteiger partial charge in [0, 0.05) is 23.8 Å². The number of benzene rings is 1. The maximum atomic E-state index is 13.1. The van der Waals surface area contributed by atoms with Gasteiger partial charge in [-0.05, 0) is 59.0 Å². The Morgan fingerprint density at radius 3 is 2.44 bits per heavy atom. The van der Waals surface area contributed by atoms with Crippen LogP contribution in [-0.2, 0) is 9.59 Å². The second-order valence-electron chi connectivity index (χ2n) is 7.23. The van der Waals surface area contributed by atoms with Crippen LogP contribution in [0.15, 0.2) is 18.2 Å². The Morgan fingerprint density at radius 1 is 1.19 bits per heavy atom. The number of anilines is 1. The van der Waals surface area contributed by atoms with Crippen molar-refractivity contribution in [2.75, 3.05) is 38.5 Å². The van der Waals surface area contributed by atoms with Crippen molar-refractivity contribution in [1.29, 1.82) is 0 Å². The van der Waals surface area contributed by atoms with Crippen molar-refractivity contribution >= 4 is 17.5 Å². The quantitative estimate of drug-likeness (QED) is 0.755. The van der Waals surface area contributed by atoms with Gasteiger partial charge < -0.3 is 15.5 Å². The highest BCUT2D eigenvalue weighted by molar-refractivity contribution is 5.94. The lowest BCUT2D eigenvalue weighted by Crippen LogP contribution is -2.48. The van der Waals surface area contributed by atoms with Crippen LogP contribution in [-0.4, -0.2) is 66.9 Å². The van der Waals surface area contributed by atoms with Crippen molar-refractivity contribution in [3.63, 3.8) is 0 Å². The minimum absolute atomic E-state index is 0.141. The van der Waals surface area contributed by atoms with E-state index in [0.29, 0.717) is 12.1 Å². The van der Waals surface area contributed by atoms with Crippen LogP contribution < -0.4 is 10.6 Å². The van der Waals surface area contributed by atoms with Crippen molar-refractivity contribution < 1.29 is 18.4 Å². The number of hydrogen-bond donors (Lipinski definition) is 2. The van der Waals surface area contributed by atoms with E-state index in [4.69, 9.17) is 0 Å². The fourth-order valence-corrected chi connectivity index (χ4v) is 3.21. The molecule has 27 heavy (non-hydrogen) atoms. The molecule has 0 unspecified atom stereocenters. The van der Waals surface area contributed by atoms with E-state index in [1.54, 1.807) is 0 Å². The van der Waals surface area contributed by atoms with Crippen molar-refractivity contribution in [2.45, 2.75) is 38.8 Å². The molecule has 1 aliphatic heterocycles. The van der Waals surface area contributed by atoms with Gasteiger partial charge in [-0.25, -0.2) is 8.78 Å². The molecule has 1 aliphatic rings. The van der Waals surface area contributed by atoms with Crippen LogP contribution in [0.4, 0.5) is 14.5 Å². The van der Waals surface area contributed by atoms with Crippen molar-refractivity contribution in [3.8, 4) is 0 Å². The van der Waals surface area contributed by atoms with Crippen LogP contribution in [0.2, 0.25) is 0 Å². The molecule has 0 bridgehead atoms. The van der Waals surface area contributed by atoms with Crippen LogP contribution in [0, 0.1) is 11.6 Å². The Balaban J connectivity index is 1.70. The molecule has 8 heteroatoms. The van der Waals surface area contributed by atoms with Crippen LogP contribution >= 0.6 is 0 Å². The van der Waals surface area contributed by atoms with Crippen LogP contribution in [0.5, 0.6) is 0 Å². The van der Waals surface area contributed by atoms with E-state index in [2.05, 4.69) is 29.4 Å². The second-order valence-corrected chi connectivity index (χ2v) is 7.23. The molecule has 6 nitrogen and oxygen atoms in total. The van der Waals surface area contributed by atoms with E-state index in [9.17, 15) is 18.4 Å². The number of halogens is 2. The normalized spacial score (nSPS) is 16.0. The minimum Gasteiger partial charge on any atom is -0.346 e. The molecule has 0 saturated carbocycles. The van der Waals surface area contributed by atoms with Gasteiger partial charge in [-0.3, -0.25) is 14.5 Å². The van der Waals surface area contributed by atoms with Gasteiger partial charge in [-0.1, -0.05) is 0 Å². The monoisotopic (exact) mass is 382 g/mol. The van der Waals surface area contributed by atoms with Gasteiger partial charge in [0.2, 0.25) is 11.8 Å². The third-order valence-electron chi connectivity index (χ3n) is 4.90. The zero-order valence-electron chi connectivity index (χ0n) is 16.1. The molecule has 0 spiro atoms. The summed E-state index contributed by atoms with van der Waals surface area (Å²) in [5, 5.41) is 4.97. The molecule has 0 aromatic heterocycles. The van der Waals surface area contributed by atoms with Gasteiger partial charge in [-0.15, -0.1) is 0 Å². The molecule has 0 aliphatic carbocycles. The first-order valence-electron chi connectivity index (χ1n) is 9.22. The maximum Gasteiger partial charge on any atom is 0.243 e. The fourth-order valence-electron chi connectivity index (χ4n) is 3.21. The summed E-state index contributed by atoms with van der Waals surface area (Å²) in [5.41, 5.74) is 0.141. The highest BCUT2D eigenvalue weighted by Crippen LogP contribution is 2.17. The number of carbonyl (C=O) groups is 2. The number of nitrogens with one attached hydrogen (secondary N) is 2.